The molecular formula is C21H17BrN6O. The highest BCUT2D eigenvalue weighted by atomic mass is 79.9. The summed E-state index contributed by atoms with van der Waals surface area (Å²) in [4.78, 5) is 28.1. The van der Waals surface area contributed by atoms with E-state index in [1.54, 1.807) is 23.1 Å². The number of amides is 1. The van der Waals surface area contributed by atoms with Gasteiger partial charge in [-0.1, -0.05) is 0 Å². The summed E-state index contributed by atoms with van der Waals surface area (Å²) in [5, 5.41) is 5.19. The fourth-order valence-electron chi connectivity index (χ4n) is 3.64. The van der Waals surface area contributed by atoms with Crippen LogP contribution in [0.25, 0.3) is 22.2 Å². The monoisotopic (exact) mass is 448 g/mol. The van der Waals surface area contributed by atoms with Gasteiger partial charge in [-0.2, -0.15) is 5.10 Å². The molecular weight excluding hydrogens is 432 g/mol. The van der Waals surface area contributed by atoms with Crippen molar-refractivity contribution < 1.29 is 4.79 Å². The second kappa shape index (κ2) is 7.04. The molecule has 0 fully saturated rings. The minimum absolute atomic E-state index is 0.0215. The Kier molecular flexibility index (Phi) is 4.35. The number of carbonyl (C=O) groups is 1. The molecule has 0 saturated heterocycles. The first-order chi connectivity index (χ1) is 14.1. The Bertz CT molecular complexity index is 1250. The number of rotatable bonds is 2. The van der Waals surface area contributed by atoms with Gasteiger partial charge in [-0.25, -0.2) is 9.97 Å². The van der Waals surface area contributed by atoms with E-state index in [9.17, 15) is 4.79 Å². The van der Waals surface area contributed by atoms with E-state index in [4.69, 9.17) is 4.98 Å². The lowest BCUT2D eigenvalue weighted by Gasteiger charge is -2.28. The smallest absolute Gasteiger partial charge is 0.255 e. The van der Waals surface area contributed by atoms with Gasteiger partial charge in [0.25, 0.3) is 5.91 Å². The number of aromatic nitrogens is 5. The molecule has 0 bridgehead atoms. The number of aryl methyl sites for hydroxylation is 1. The third kappa shape index (κ3) is 3.40. The quantitative estimate of drug-likeness (QED) is 0.469. The van der Waals surface area contributed by atoms with E-state index in [1.807, 2.05) is 30.5 Å². The largest absolute Gasteiger partial charge is 0.334 e. The standard InChI is InChI=1S/C21H17BrN6O/c1-27-11-17(9-25-27)14-4-13-5-16-12-28(3-2-19(16)26-20(13)24-8-14)21(29)15-6-18(22)10-23-7-15/h4-11H,2-3,12H2,1H3. The highest BCUT2D eigenvalue weighted by molar-refractivity contribution is 9.10. The van der Waals surface area contributed by atoms with Crippen molar-refractivity contribution in [2.75, 3.05) is 6.54 Å². The van der Waals surface area contributed by atoms with Crippen LogP contribution in [0.5, 0.6) is 0 Å². The molecule has 1 amide bonds. The fourth-order valence-corrected chi connectivity index (χ4v) is 4.00. The first kappa shape index (κ1) is 17.9. The maximum Gasteiger partial charge on any atom is 0.255 e. The molecule has 4 aromatic rings. The van der Waals surface area contributed by atoms with Crippen LogP contribution >= 0.6 is 15.9 Å². The van der Waals surface area contributed by atoms with Crippen LogP contribution in [-0.4, -0.2) is 42.1 Å². The summed E-state index contributed by atoms with van der Waals surface area (Å²) < 4.78 is 2.56. The summed E-state index contributed by atoms with van der Waals surface area (Å²) in [5.74, 6) is -0.0215. The van der Waals surface area contributed by atoms with Crippen molar-refractivity contribution in [2.24, 2.45) is 7.05 Å². The predicted molar refractivity (Wildman–Crippen MR) is 112 cm³/mol. The molecule has 8 heteroatoms. The Balaban J connectivity index is 1.47. The molecule has 7 nitrogen and oxygen atoms in total. The van der Waals surface area contributed by atoms with E-state index in [1.165, 1.54) is 0 Å². The average molecular weight is 449 g/mol. The zero-order valence-electron chi connectivity index (χ0n) is 15.7. The molecule has 1 aliphatic rings. The van der Waals surface area contributed by atoms with Gasteiger partial charge in [0.2, 0.25) is 0 Å². The Morgan fingerprint density at radius 2 is 2.00 bits per heavy atom. The van der Waals surface area contributed by atoms with E-state index in [0.29, 0.717) is 25.1 Å². The Morgan fingerprint density at radius 3 is 2.79 bits per heavy atom. The molecule has 0 aliphatic carbocycles. The van der Waals surface area contributed by atoms with Crippen LogP contribution in [0, 0.1) is 0 Å². The van der Waals surface area contributed by atoms with E-state index in [0.717, 1.165) is 37.9 Å². The predicted octanol–water partition coefficient (Wildman–Crippen LogP) is 3.39. The molecule has 144 valence electrons. The topological polar surface area (TPSA) is 76.8 Å². The lowest BCUT2D eigenvalue weighted by molar-refractivity contribution is 0.0733. The van der Waals surface area contributed by atoms with Crippen LogP contribution in [0.1, 0.15) is 21.6 Å². The van der Waals surface area contributed by atoms with Crippen LogP contribution in [0.3, 0.4) is 0 Å². The van der Waals surface area contributed by atoms with Gasteiger partial charge in [-0.15, -0.1) is 0 Å². The zero-order chi connectivity index (χ0) is 20.0. The second-order valence-electron chi connectivity index (χ2n) is 7.14. The van der Waals surface area contributed by atoms with Gasteiger partial charge < -0.3 is 4.90 Å². The highest BCUT2D eigenvalue weighted by Crippen LogP contribution is 2.26. The number of carbonyl (C=O) groups excluding carboxylic acids is 1. The Morgan fingerprint density at radius 1 is 1.10 bits per heavy atom. The number of hydrogen-bond donors (Lipinski definition) is 0. The maximum absolute atomic E-state index is 12.9. The third-order valence-electron chi connectivity index (χ3n) is 5.09. The van der Waals surface area contributed by atoms with Crippen molar-refractivity contribution >= 4 is 32.9 Å². The van der Waals surface area contributed by atoms with Crippen molar-refractivity contribution in [3.05, 3.63) is 70.5 Å². The Labute approximate surface area is 175 Å². The van der Waals surface area contributed by atoms with Crippen LogP contribution < -0.4 is 0 Å². The molecule has 4 aromatic heterocycles. The lowest BCUT2D eigenvalue weighted by atomic mass is 10.0. The van der Waals surface area contributed by atoms with Gasteiger partial charge in [-0.3, -0.25) is 14.5 Å². The van der Waals surface area contributed by atoms with Crippen LogP contribution in [0.2, 0.25) is 0 Å². The van der Waals surface area contributed by atoms with E-state index in [-0.39, 0.29) is 5.91 Å². The summed E-state index contributed by atoms with van der Waals surface area (Å²) in [6, 6.07) is 5.97. The number of nitrogens with zero attached hydrogens (tertiary/aromatic N) is 6. The van der Waals surface area contributed by atoms with Gasteiger partial charge in [-0.05, 0) is 39.7 Å². The summed E-state index contributed by atoms with van der Waals surface area (Å²) in [6.07, 6.45) is 9.60. The molecule has 0 aromatic carbocycles. The van der Waals surface area contributed by atoms with Crippen LogP contribution in [0.4, 0.5) is 0 Å². The zero-order valence-corrected chi connectivity index (χ0v) is 17.3. The van der Waals surface area contributed by atoms with Gasteiger partial charge in [0.05, 0.1) is 11.8 Å². The summed E-state index contributed by atoms with van der Waals surface area (Å²) in [7, 11) is 1.89. The first-order valence-electron chi connectivity index (χ1n) is 9.24. The fraction of sp³-hybridized carbons (Fsp3) is 0.190. The summed E-state index contributed by atoms with van der Waals surface area (Å²) in [5.41, 5.74) is 5.39. The van der Waals surface area contributed by atoms with E-state index >= 15 is 0 Å². The summed E-state index contributed by atoms with van der Waals surface area (Å²) in [6.45, 7) is 1.16. The summed E-state index contributed by atoms with van der Waals surface area (Å²) >= 11 is 3.38. The third-order valence-corrected chi connectivity index (χ3v) is 5.53. The normalized spacial score (nSPS) is 13.5. The maximum atomic E-state index is 12.9. The lowest BCUT2D eigenvalue weighted by Crippen LogP contribution is -2.36. The molecule has 0 saturated carbocycles. The van der Waals surface area contributed by atoms with E-state index < -0.39 is 0 Å². The van der Waals surface area contributed by atoms with Crippen molar-refractivity contribution in [3.8, 4) is 11.1 Å². The van der Waals surface area contributed by atoms with Crippen LogP contribution in [-0.2, 0) is 20.0 Å². The van der Waals surface area contributed by atoms with Crippen molar-refractivity contribution in [1.29, 1.82) is 0 Å². The molecule has 0 spiro atoms. The average Bonchev–Trinajstić information content (AvgIpc) is 3.17. The van der Waals surface area contributed by atoms with Gasteiger partial charge in [0.15, 0.2) is 5.65 Å². The molecule has 0 N–H and O–H groups in total. The minimum Gasteiger partial charge on any atom is -0.334 e. The van der Waals surface area contributed by atoms with Crippen LogP contribution in [0.15, 0.2) is 53.7 Å². The van der Waals surface area contributed by atoms with Gasteiger partial charge in [0.1, 0.15) is 0 Å². The first-order valence-corrected chi connectivity index (χ1v) is 10.0. The number of halogens is 1. The molecule has 29 heavy (non-hydrogen) atoms. The molecule has 5 heterocycles. The molecule has 0 radical (unpaired) electrons. The van der Waals surface area contributed by atoms with Crippen molar-refractivity contribution in [2.45, 2.75) is 13.0 Å². The number of fused-ring (bicyclic) bond motifs is 2. The molecule has 1 aliphatic heterocycles. The molecule has 0 atom stereocenters. The highest BCUT2D eigenvalue weighted by Gasteiger charge is 2.23. The minimum atomic E-state index is -0.0215. The number of pyridine rings is 3. The molecule has 0 unspecified atom stereocenters. The Hall–Kier alpha value is -3.13. The van der Waals surface area contributed by atoms with Gasteiger partial charge in [0, 0.05) is 78.0 Å². The SMILES string of the molecule is Cn1cc(-c2cnc3nc4c(cc3c2)CN(C(=O)c2cncc(Br)c2)CC4)cn1. The number of hydrogen-bond acceptors (Lipinski definition) is 5. The van der Waals surface area contributed by atoms with Crippen molar-refractivity contribution in [1.82, 2.24) is 29.6 Å². The van der Waals surface area contributed by atoms with E-state index in [2.05, 4.69) is 43.1 Å². The molecule has 5 rings (SSSR count). The van der Waals surface area contributed by atoms with Gasteiger partial charge >= 0.3 is 0 Å². The second-order valence-corrected chi connectivity index (χ2v) is 8.05. The van der Waals surface area contributed by atoms with Crippen molar-refractivity contribution in [3.63, 3.8) is 0 Å².